The van der Waals surface area contributed by atoms with Crippen LogP contribution in [-0.4, -0.2) is 25.2 Å². The molecule has 0 radical (unpaired) electrons. The van der Waals surface area contributed by atoms with Crippen LogP contribution in [0.3, 0.4) is 0 Å². The van der Waals surface area contributed by atoms with Crippen LogP contribution in [0.1, 0.15) is 0 Å². The monoisotopic (exact) mass is 337 g/mol. The van der Waals surface area contributed by atoms with Gasteiger partial charge in [0.25, 0.3) is 10.8 Å². The second kappa shape index (κ2) is 6.25. The predicted octanol–water partition coefficient (Wildman–Crippen LogP) is 2.59. The zero-order valence-corrected chi connectivity index (χ0v) is 13.2. The fourth-order valence-electron chi connectivity index (χ4n) is 2.19. The van der Waals surface area contributed by atoms with Gasteiger partial charge < -0.3 is 4.42 Å². The van der Waals surface area contributed by atoms with Crippen molar-refractivity contribution in [2.75, 3.05) is 0 Å². The highest BCUT2D eigenvalue weighted by Crippen LogP contribution is 2.23. The van der Waals surface area contributed by atoms with Crippen LogP contribution in [0, 0.1) is 0 Å². The van der Waals surface area contributed by atoms with Gasteiger partial charge in [-0.05, 0) is 36.0 Å². The van der Waals surface area contributed by atoms with E-state index in [1.54, 1.807) is 18.2 Å². The molecule has 0 saturated heterocycles. The first-order valence-corrected chi connectivity index (χ1v) is 8.14. The van der Waals surface area contributed by atoms with Gasteiger partial charge in [0, 0.05) is 5.56 Å². The highest BCUT2D eigenvalue weighted by molar-refractivity contribution is 7.98. The lowest BCUT2D eigenvalue weighted by atomic mass is 10.2. The summed E-state index contributed by atoms with van der Waals surface area (Å²) < 4.78 is 6.87. The molecule has 0 aliphatic heterocycles. The van der Waals surface area contributed by atoms with Gasteiger partial charge in [0.1, 0.15) is 11.4 Å². The maximum Gasteiger partial charge on any atom is 0.278 e. The minimum absolute atomic E-state index is 0.198. The summed E-state index contributed by atoms with van der Waals surface area (Å²) in [7, 11) is 0. The predicted molar refractivity (Wildman–Crippen MR) is 89.4 cm³/mol. The van der Waals surface area contributed by atoms with E-state index < -0.39 is 0 Å². The standard InChI is InChI=1S/C16H11N5O2S/c22-15-12-8-4-5-9-13(12)17-20-21(15)10-24-16-19-18-14(23-16)11-6-2-1-3-7-11/h1-9H,10H2. The summed E-state index contributed by atoms with van der Waals surface area (Å²) in [6, 6.07) is 16.6. The van der Waals surface area contributed by atoms with E-state index in [9.17, 15) is 4.79 Å². The average Bonchev–Trinajstić information content (AvgIpc) is 3.11. The Labute approximate surface area is 140 Å². The number of nitrogens with zero attached hydrogens (tertiary/aromatic N) is 5. The van der Waals surface area contributed by atoms with Crippen molar-refractivity contribution in [1.82, 2.24) is 25.2 Å². The van der Waals surface area contributed by atoms with E-state index in [1.807, 2.05) is 36.4 Å². The van der Waals surface area contributed by atoms with Crippen molar-refractivity contribution in [2.45, 2.75) is 11.1 Å². The molecule has 24 heavy (non-hydrogen) atoms. The van der Waals surface area contributed by atoms with Gasteiger partial charge in [0.15, 0.2) is 0 Å². The van der Waals surface area contributed by atoms with Crippen molar-refractivity contribution < 1.29 is 4.42 Å². The van der Waals surface area contributed by atoms with Crippen LogP contribution in [-0.2, 0) is 5.88 Å². The van der Waals surface area contributed by atoms with E-state index in [4.69, 9.17) is 4.42 Å². The molecular weight excluding hydrogens is 326 g/mol. The number of hydrogen-bond acceptors (Lipinski definition) is 7. The first-order chi connectivity index (χ1) is 11.8. The van der Waals surface area contributed by atoms with Gasteiger partial charge >= 0.3 is 0 Å². The van der Waals surface area contributed by atoms with Crippen molar-refractivity contribution in [1.29, 1.82) is 0 Å². The number of fused-ring (bicyclic) bond motifs is 1. The van der Waals surface area contributed by atoms with Gasteiger partial charge in [-0.1, -0.05) is 35.5 Å². The van der Waals surface area contributed by atoms with Crippen molar-refractivity contribution in [3.8, 4) is 11.5 Å². The summed E-state index contributed by atoms with van der Waals surface area (Å²) in [4.78, 5) is 12.4. The van der Waals surface area contributed by atoms with E-state index in [1.165, 1.54) is 16.4 Å². The first-order valence-electron chi connectivity index (χ1n) is 7.15. The van der Waals surface area contributed by atoms with Gasteiger partial charge in [-0.2, -0.15) is 4.68 Å². The molecule has 0 atom stereocenters. The SMILES string of the molecule is O=c1c2ccccc2nnn1CSc1nnc(-c2ccccc2)o1. The van der Waals surface area contributed by atoms with Gasteiger partial charge in [0.2, 0.25) is 5.89 Å². The quantitative estimate of drug-likeness (QED) is 0.529. The van der Waals surface area contributed by atoms with Crippen LogP contribution in [0.25, 0.3) is 22.4 Å². The van der Waals surface area contributed by atoms with Crippen LogP contribution in [0.2, 0.25) is 0 Å². The van der Waals surface area contributed by atoms with E-state index in [-0.39, 0.29) is 11.4 Å². The van der Waals surface area contributed by atoms with E-state index in [0.717, 1.165) is 5.56 Å². The molecule has 2 aromatic heterocycles. The largest absolute Gasteiger partial charge is 0.411 e. The van der Waals surface area contributed by atoms with Crippen molar-refractivity contribution >= 4 is 22.7 Å². The highest BCUT2D eigenvalue weighted by Gasteiger charge is 2.10. The Morgan fingerprint density at radius 3 is 2.62 bits per heavy atom. The number of rotatable bonds is 4. The number of aromatic nitrogens is 5. The van der Waals surface area contributed by atoms with Crippen LogP contribution in [0.4, 0.5) is 0 Å². The molecule has 0 aliphatic rings. The van der Waals surface area contributed by atoms with Gasteiger partial charge in [-0.25, -0.2) is 0 Å². The lowest BCUT2D eigenvalue weighted by molar-refractivity contribution is 0.464. The Balaban J connectivity index is 1.55. The summed E-state index contributed by atoms with van der Waals surface area (Å²) in [5.74, 6) is 0.683. The Morgan fingerprint density at radius 2 is 1.75 bits per heavy atom. The number of thioether (sulfide) groups is 1. The molecular formula is C16H11N5O2S. The second-order valence-electron chi connectivity index (χ2n) is 4.92. The first kappa shape index (κ1) is 14.6. The summed E-state index contributed by atoms with van der Waals surface area (Å²) >= 11 is 1.23. The fourth-order valence-corrected chi connectivity index (χ4v) is 2.83. The molecule has 2 aromatic carbocycles. The van der Waals surface area contributed by atoms with Gasteiger partial charge in [0.05, 0.1) is 5.39 Å². The maximum absolute atomic E-state index is 12.4. The van der Waals surface area contributed by atoms with Gasteiger partial charge in [-0.15, -0.1) is 15.3 Å². The molecule has 0 fully saturated rings. The Hall–Kier alpha value is -3.00. The Bertz CT molecular complexity index is 1040. The van der Waals surface area contributed by atoms with Crippen LogP contribution < -0.4 is 5.56 Å². The molecule has 4 aromatic rings. The van der Waals surface area contributed by atoms with Gasteiger partial charge in [-0.3, -0.25) is 4.79 Å². The Kier molecular flexibility index (Phi) is 3.80. The molecule has 0 saturated carbocycles. The van der Waals surface area contributed by atoms with Crippen molar-refractivity contribution in [3.63, 3.8) is 0 Å². The molecule has 0 amide bonds. The summed E-state index contributed by atoms with van der Waals surface area (Å²) in [5.41, 5.74) is 1.23. The lowest BCUT2D eigenvalue weighted by Gasteiger charge is -2.02. The van der Waals surface area contributed by atoms with E-state index in [2.05, 4.69) is 20.5 Å². The van der Waals surface area contributed by atoms with E-state index >= 15 is 0 Å². The lowest BCUT2D eigenvalue weighted by Crippen LogP contribution is -2.23. The summed E-state index contributed by atoms with van der Waals surface area (Å²) in [6.45, 7) is 0. The molecule has 118 valence electrons. The Morgan fingerprint density at radius 1 is 0.958 bits per heavy atom. The minimum atomic E-state index is -0.198. The summed E-state index contributed by atoms with van der Waals surface area (Å²) in [6.07, 6.45) is 0. The molecule has 7 nitrogen and oxygen atoms in total. The normalized spacial score (nSPS) is 11.0. The third-order valence-electron chi connectivity index (χ3n) is 3.37. The molecule has 0 aliphatic carbocycles. The molecule has 4 rings (SSSR count). The fraction of sp³-hybridized carbons (Fsp3) is 0.0625. The average molecular weight is 337 g/mol. The zero-order valence-electron chi connectivity index (χ0n) is 12.4. The third kappa shape index (κ3) is 2.79. The molecule has 8 heteroatoms. The van der Waals surface area contributed by atoms with Crippen LogP contribution >= 0.6 is 11.8 Å². The smallest absolute Gasteiger partial charge is 0.278 e. The molecule has 0 N–H and O–H groups in total. The third-order valence-corrected chi connectivity index (χ3v) is 4.15. The number of benzene rings is 2. The topological polar surface area (TPSA) is 86.7 Å². The number of hydrogen-bond donors (Lipinski definition) is 0. The van der Waals surface area contributed by atoms with Crippen LogP contribution in [0.15, 0.2) is 69.0 Å². The van der Waals surface area contributed by atoms with Crippen molar-refractivity contribution in [3.05, 3.63) is 65.0 Å². The molecule has 0 spiro atoms. The second-order valence-corrected chi connectivity index (χ2v) is 5.82. The van der Waals surface area contributed by atoms with E-state index in [0.29, 0.717) is 22.0 Å². The summed E-state index contributed by atoms with van der Waals surface area (Å²) in [5, 5.41) is 16.9. The highest BCUT2D eigenvalue weighted by atomic mass is 32.2. The molecule has 2 heterocycles. The molecule has 0 bridgehead atoms. The minimum Gasteiger partial charge on any atom is -0.411 e. The molecule has 0 unspecified atom stereocenters. The van der Waals surface area contributed by atoms with Crippen LogP contribution in [0.5, 0.6) is 0 Å². The van der Waals surface area contributed by atoms with Crippen molar-refractivity contribution in [2.24, 2.45) is 0 Å². The maximum atomic E-state index is 12.4. The zero-order chi connectivity index (χ0) is 16.4.